The predicted octanol–water partition coefficient (Wildman–Crippen LogP) is 1.83. The predicted molar refractivity (Wildman–Crippen MR) is 98.8 cm³/mol. The Bertz CT molecular complexity index is 965. The summed E-state index contributed by atoms with van der Waals surface area (Å²) in [6.45, 7) is 0. The molecule has 26 heavy (non-hydrogen) atoms. The van der Waals surface area contributed by atoms with Gasteiger partial charge in [0.1, 0.15) is 11.9 Å². The fraction of sp³-hybridized carbons (Fsp3) is 0.278. The molecule has 1 aromatic heterocycles. The van der Waals surface area contributed by atoms with Gasteiger partial charge in [0.05, 0.1) is 28.3 Å². The van der Waals surface area contributed by atoms with Crippen molar-refractivity contribution < 1.29 is 13.2 Å². The standard InChI is InChI=1S/C18H18N4O3S/c1-22(15-8-9-26(24,25)12-15)17-7-6-14(11-20-17)18(23)21-16-5-3-2-4-13(16)10-19/h2-7,11,15H,8-9,12H2,1H3,(H,21,23). The molecule has 3 rings (SSSR count). The smallest absolute Gasteiger partial charge is 0.257 e. The fourth-order valence-corrected chi connectivity index (χ4v) is 4.66. The van der Waals surface area contributed by atoms with Gasteiger partial charge in [-0.25, -0.2) is 13.4 Å². The number of nitrogens with zero attached hydrogens (tertiary/aromatic N) is 3. The van der Waals surface area contributed by atoms with Gasteiger partial charge in [-0.05, 0) is 30.7 Å². The van der Waals surface area contributed by atoms with E-state index in [2.05, 4.69) is 10.3 Å². The van der Waals surface area contributed by atoms with Crippen molar-refractivity contribution in [2.24, 2.45) is 0 Å². The number of para-hydroxylation sites is 1. The van der Waals surface area contributed by atoms with E-state index < -0.39 is 9.84 Å². The Labute approximate surface area is 152 Å². The van der Waals surface area contributed by atoms with Crippen molar-refractivity contribution in [3.63, 3.8) is 0 Å². The van der Waals surface area contributed by atoms with Crippen LogP contribution in [0.25, 0.3) is 0 Å². The number of pyridine rings is 1. The molecule has 134 valence electrons. The van der Waals surface area contributed by atoms with Crippen LogP contribution in [-0.4, -0.2) is 43.9 Å². The van der Waals surface area contributed by atoms with Crippen LogP contribution >= 0.6 is 0 Å². The van der Waals surface area contributed by atoms with Gasteiger partial charge < -0.3 is 10.2 Å². The molecule has 1 amide bonds. The summed E-state index contributed by atoms with van der Waals surface area (Å²) in [4.78, 5) is 18.5. The zero-order chi connectivity index (χ0) is 18.7. The van der Waals surface area contributed by atoms with Crippen LogP contribution in [0.3, 0.4) is 0 Å². The molecule has 0 radical (unpaired) electrons. The maximum Gasteiger partial charge on any atom is 0.257 e. The summed E-state index contributed by atoms with van der Waals surface area (Å²) in [5.41, 5.74) is 1.18. The first-order valence-corrected chi connectivity index (χ1v) is 9.91. The number of sulfone groups is 1. The van der Waals surface area contributed by atoms with E-state index in [1.165, 1.54) is 6.20 Å². The van der Waals surface area contributed by atoms with Crippen LogP contribution in [0.5, 0.6) is 0 Å². The van der Waals surface area contributed by atoms with Crippen LogP contribution in [0.2, 0.25) is 0 Å². The molecule has 2 heterocycles. The Hall–Kier alpha value is -2.92. The summed E-state index contributed by atoms with van der Waals surface area (Å²) in [5.74, 6) is 0.568. The average molecular weight is 370 g/mol. The van der Waals surface area contributed by atoms with Crippen molar-refractivity contribution in [2.45, 2.75) is 12.5 Å². The number of hydrogen-bond acceptors (Lipinski definition) is 6. The molecule has 1 saturated heterocycles. The molecule has 7 nitrogen and oxygen atoms in total. The first-order chi connectivity index (χ1) is 12.4. The minimum Gasteiger partial charge on any atom is -0.356 e. The molecular formula is C18H18N4O3S. The molecule has 0 saturated carbocycles. The first kappa shape index (κ1) is 17.9. The van der Waals surface area contributed by atoms with Gasteiger partial charge in [0.25, 0.3) is 5.91 Å². The number of aromatic nitrogens is 1. The van der Waals surface area contributed by atoms with Gasteiger partial charge in [-0.1, -0.05) is 12.1 Å². The van der Waals surface area contributed by atoms with Gasteiger partial charge in [-0.15, -0.1) is 0 Å². The van der Waals surface area contributed by atoms with Crippen molar-refractivity contribution in [2.75, 3.05) is 28.8 Å². The second-order valence-electron chi connectivity index (χ2n) is 6.18. The highest BCUT2D eigenvalue weighted by Crippen LogP contribution is 2.22. The largest absolute Gasteiger partial charge is 0.356 e. The summed E-state index contributed by atoms with van der Waals surface area (Å²) >= 11 is 0. The third-order valence-corrected chi connectivity index (χ3v) is 6.17. The number of carbonyl (C=O) groups excluding carboxylic acids is 1. The van der Waals surface area contributed by atoms with Crippen LogP contribution in [0.15, 0.2) is 42.6 Å². The molecule has 1 aliphatic rings. The van der Waals surface area contributed by atoms with E-state index in [1.807, 2.05) is 11.0 Å². The van der Waals surface area contributed by atoms with Crippen LogP contribution in [0.1, 0.15) is 22.3 Å². The van der Waals surface area contributed by atoms with Crippen molar-refractivity contribution in [1.82, 2.24) is 4.98 Å². The Morgan fingerprint density at radius 2 is 2.08 bits per heavy atom. The zero-order valence-electron chi connectivity index (χ0n) is 14.2. The van der Waals surface area contributed by atoms with Gasteiger partial charge >= 0.3 is 0 Å². The van der Waals surface area contributed by atoms with Gasteiger partial charge in [-0.3, -0.25) is 4.79 Å². The van der Waals surface area contributed by atoms with Crippen LogP contribution in [0.4, 0.5) is 11.5 Å². The number of anilines is 2. The highest BCUT2D eigenvalue weighted by molar-refractivity contribution is 7.91. The lowest BCUT2D eigenvalue weighted by Crippen LogP contribution is -2.33. The molecule has 1 fully saturated rings. The maximum atomic E-state index is 12.4. The van der Waals surface area contributed by atoms with Gasteiger partial charge in [-0.2, -0.15) is 5.26 Å². The van der Waals surface area contributed by atoms with Crippen molar-refractivity contribution in [3.05, 3.63) is 53.7 Å². The summed E-state index contributed by atoms with van der Waals surface area (Å²) in [6, 6.07) is 12.0. The SMILES string of the molecule is CN(c1ccc(C(=O)Nc2ccccc2C#N)cn1)C1CCS(=O)(=O)C1. The Morgan fingerprint density at radius 3 is 2.69 bits per heavy atom. The number of nitriles is 1. The molecular weight excluding hydrogens is 352 g/mol. The van der Waals surface area contributed by atoms with Crippen LogP contribution in [-0.2, 0) is 9.84 Å². The van der Waals surface area contributed by atoms with Gasteiger partial charge in [0, 0.05) is 19.3 Å². The van der Waals surface area contributed by atoms with Crippen LogP contribution in [0, 0.1) is 11.3 Å². The third-order valence-electron chi connectivity index (χ3n) is 4.42. The number of amides is 1. The van der Waals surface area contributed by atoms with Crippen molar-refractivity contribution in [3.8, 4) is 6.07 Å². The summed E-state index contributed by atoms with van der Waals surface area (Å²) < 4.78 is 23.2. The Morgan fingerprint density at radius 1 is 1.31 bits per heavy atom. The minimum atomic E-state index is -2.97. The summed E-state index contributed by atoms with van der Waals surface area (Å²) in [7, 11) is -1.17. The van der Waals surface area contributed by atoms with Gasteiger partial charge in [0.2, 0.25) is 0 Å². The number of rotatable bonds is 4. The normalized spacial score (nSPS) is 18.1. The third kappa shape index (κ3) is 3.83. The number of hydrogen-bond donors (Lipinski definition) is 1. The molecule has 0 bridgehead atoms. The molecule has 0 aliphatic carbocycles. The second kappa shape index (κ2) is 7.14. The number of nitrogens with one attached hydrogen (secondary N) is 1. The quantitative estimate of drug-likeness (QED) is 0.881. The summed E-state index contributed by atoms with van der Waals surface area (Å²) in [6.07, 6.45) is 2.02. The lowest BCUT2D eigenvalue weighted by Gasteiger charge is -2.24. The van der Waals surface area contributed by atoms with Crippen molar-refractivity contribution in [1.29, 1.82) is 5.26 Å². The monoisotopic (exact) mass is 370 g/mol. The molecule has 1 atom stereocenters. The molecule has 1 N–H and O–H groups in total. The molecule has 2 aromatic rings. The maximum absolute atomic E-state index is 12.4. The van der Waals surface area contributed by atoms with E-state index >= 15 is 0 Å². The lowest BCUT2D eigenvalue weighted by molar-refractivity contribution is 0.102. The van der Waals surface area contributed by atoms with Crippen LogP contribution < -0.4 is 10.2 Å². The van der Waals surface area contributed by atoms with E-state index in [0.717, 1.165) is 0 Å². The average Bonchev–Trinajstić information content (AvgIpc) is 3.01. The molecule has 0 spiro atoms. The molecule has 8 heteroatoms. The van der Waals surface area contributed by atoms with E-state index in [9.17, 15) is 13.2 Å². The highest BCUT2D eigenvalue weighted by atomic mass is 32.2. The lowest BCUT2D eigenvalue weighted by atomic mass is 10.2. The molecule has 1 aliphatic heterocycles. The Balaban J connectivity index is 1.71. The van der Waals surface area contributed by atoms with Crippen molar-refractivity contribution >= 4 is 27.2 Å². The van der Waals surface area contributed by atoms with E-state index in [-0.39, 0.29) is 23.5 Å². The molecule has 1 unspecified atom stereocenters. The Kier molecular flexibility index (Phi) is 4.91. The fourth-order valence-electron chi connectivity index (χ4n) is 2.88. The highest BCUT2D eigenvalue weighted by Gasteiger charge is 2.31. The number of carbonyl (C=O) groups is 1. The van der Waals surface area contributed by atoms with E-state index in [4.69, 9.17) is 5.26 Å². The summed E-state index contributed by atoms with van der Waals surface area (Å²) in [5, 5.41) is 11.8. The molecule has 1 aromatic carbocycles. The van der Waals surface area contributed by atoms with E-state index in [1.54, 1.807) is 43.4 Å². The minimum absolute atomic E-state index is 0.102. The van der Waals surface area contributed by atoms with Gasteiger partial charge in [0.15, 0.2) is 9.84 Å². The topological polar surface area (TPSA) is 103 Å². The zero-order valence-corrected chi connectivity index (χ0v) is 15.0. The first-order valence-electron chi connectivity index (χ1n) is 8.09. The second-order valence-corrected chi connectivity index (χ2v) is 8.41. The number of benzene rings is 1. The van der Waals surface area contributed by atoms with E-state index in [0.29, 0.717) is 29.1 Å².